The minimum atomic E-state index is 0.526. The number of hydrazine groups is 1. The quantitative estimate of drug-likeness (QED) is 0.606. The van der Waals surface area contributed by atoms with Gasteiger partial charge in [0.2, 0.25) is 0 Å². The number of nitrogens with two attached hydrogens (primary N) is 1. The second-order valence-corrected chi connectivity index (χ2v) is 7.18. The van der Waals surface area contributed by atoms with E-state index in [0.717, 1.165) is 23.7 Å². The van der Waals surface area contributed by atoms with Gasteiger partial charge in [-0.2, -0.15) is 0 Å². The molecule has 3 atom stereocenters. The summed E-state index contributed by atoms with van der Waals surface area (Å²) in [6.07, 6.45) is 9.65. The molecule has 3 unspecified atom stereocenters. The third-order valence-electron chi connectivity index (χ3n) is 5.82. The van der Waals surface area contributed by atoms with Crippen molar-refractivity contribution in [2.75, 3.05) is 0 Å². The van der Waals surface area contributed by atoms with Crippen LogP contribution in [0.1, 0.15) is 63.4 Å². The van der Waals surface area contributed by atoms with E-state index in [-0.39, 0.29) is 0 Å². The molecule has 1 aromatic rings. The van der Waals surface area contributed by atoms with Crippen molar-refractivity contribution in [3.63, 3.8) is 0 Å². The highest BCUT2D eigenvalue weighted by atomic mass is 15.2. The van der Waals surface area contributed by atoms with Crippen LogP contribution in [0.2, 0.25) is 0 Å². The molecule has 0 aromatic heterocycles. The average Bonchev–Trinajstić information content (AvgIpc) is 3.31. The van der Waals surface area contributed by atoms with Crippen LogP contribution in [0.25, 0.3) is 0 Å². The van der Waals surface area contributed by atoms with Crippen molar-refractivity contribution in [2.24, 2.45) is 23.6 Å². The molecule has 3 N–H and O–H groups in total. The lowest BCUT2D eigenvalue weighted by Gasteiger charge is -2.34. The Kier molecular flexibility index (Phi) is 4.97. The lowest BCUT2D eigenvalue weighted by atomic mass is 9.76. The second-order valence-electron chi connectivity index (χ2n) is 7.18. The first kappa shape index (κ1) is 15.1. The zero-order chi connectivity index (χ0) is 14.7. The first-order valence-electron chi connectivity index (χ1n) is 8.84. The Bertz CT molecular complexity index is 422. The molecule has 2 heteroatoms. The highest BCUT2D eigenvalue weighted by Gasteiger charge is 2.46. The molecule has 116 valence electrons. The lowest BCUT2D eigenvalue weighted by molar-refractivity contribution is 0.199. The Hall–Kier alpha value is -0.860. The molecule has 0 bridgehead atoms. The van der Waals surface area contributed by atoms with Gasteiger partial charge >= 0.3 is 0 Å². The molecule has 3 rings (SSSR count). The van der Waals surface area contributed by atoms with Crippen LogP contribution >= 0.6 is 0 Å². The summed E-state index contributed by atoms with van der Waals surface area (Å²) in [5.74, 6) is 9.19. The van der Waals surface area contributed by atoms with Crippen molar-refractivity contribution < 1.29 is 0 Å². The minimum absolute atomic E-state index is 0.526. The van der Waals surface area contributed by atoms with Crippen LogP contribution in [-0.2, 0) is 0 Å². The van der Waals surface area contributed by atoms with E-state index in [0.29, 0.717) is 6.04 Å². The van der Waals surface area contributed by atoms with E-state index >= 15 is 0 Å². The van der Waals surface area contributed by atoms with E-state index in [2.05, 4.69) is 42.7 Å². The normalized spacial score (nSPS) is 33.6. The fraction of sp³-hybridized carbons (Fsp3) is 0.684. The summed E-state index contributed by atoms with van der Waals surface area (Å²) in [6, 6.07) is 11.5. The molecule has 0 radical (unpaired) electrons. The number of rotatable bonds is 6. The van der Waals surface area contributed by atoms with E-state index in [1.165, 1.54) is 50.5 Å². The summed E-state index contributed by atoms with van der Waals surface area (Å²) < 4.78 is 0. The number of hydrogen-bond acceptors (Lipinski definition) is 2. The van der Waals surface area contributed by atoms with Gasteiger partial charge in [0, 0.05) is 6.04 Å². The second kappa shape index (κ2) is 6.93. The smallest absolute Gasteiger partial charge is 0.0273 e. The monoisotopic (exact) mass is 286 g/mol. The SMILES string of the molecule is CCCC1CCC(C(NN)C2CC2c2ccccc2)CC1. The summed E-state index contributed by atoms with van der Waals surface area (Å²) in [4.78, 5) is 0. The molecule has 2 saturated carbocycles. The van der Waals surface area contributed by atoms with Crippen molar-refractivity contribution >= 4 is 0 Å². The van der Waals surface area contributed by atoms with Crippen molar-refractivity contribution in [3.8, 4) is 0 Å². The summed E-state index contributed by atoms with van der Waals surface area (Å²) in [5.41, 5.74) is 4.68. The maximum atomic E-state index is 5.93. The number of benzene rings is 1. The molecule has 0 spiro atoms. The predicted molar refractivity (Wildman–Crippen MR) is 88.8 cm³/mol. The van der Waals surface area contributed by atoms with Gasteiger partial charge in [0.25, 0.3) is 0 Å². The van der Waals surface area contributed by atoms with Crippen LogP contribution in [0.5, 0.6) is 0 Å². The molecular weight excluding hydrogens is 256 g/mol. The summed E-state index contributed by atoms with van der Waals surface area (Å²) in [5, 5.41) is 0. The summed E-state index contributed by atoms with van der Waals surface area (Å²) in [6.45, 7) is 2.31. The van der Waals surface area contributed by atoms with Crippen molar-refractivity contribution in [1.82, 2.24) is 5.43 Å². The van der Waals surface area contributed by atoms with Crippen LogP contribution in [0.15, 0.2) is 30.3 Å². The Balaban J connectivity index is 1.55. The van der Waals surface area contributed by atoms with Gasteiger partial charge < -0.3 is 0 Å². The maximum absolute atomic E-state index is 5.93. The van der Waals surface area contributed by atoms with Gasteiger partial charge in [-0.25, -0.2) is 0 Å². The first-order chi connectivity index (χ1) is 10.3. The van der Waals surface area contributed by atoms with Crippen LogP contribution in [0.3, 0.4) is 0 Å². The molecular formula is C19H30N2. The van der Waals surface area contributed by atoms with E-state index in [1.807, 2.05) is 0 Å². The van der Waals surface area contributed by atoms with Crippen LogP contribution < -0.4 is 11.3 Å². The van der Waals surface area contributed by atoms with Gasteiger partial charge in [0.1, 0.15) is 0 Å². The Morgan fingerprint density at radius 1 is 1.14 bits per heavy atom. The fourth-order valence-electron chi connectivity index (χ4n) is 4.55. The molecule has 1 aromatic carbocycles. The Labute approximate surface area is 129 Å². The van der Waals surface area contributed by atoms with Crippen molar-refractivity contribution in [2.45, 2.75) is 63.8 Å². The van der Waals surface area contributed by atoms with Gasteiger partial charge in [0.05, 0.1) is 0 Å². The first-order valence-corrected chi connectivity index (χ1v) is 8.84. The molecule has 2 fully saturated rings. The molecule has 2 nitrogen and oxygen atoms in total. The standard InChI is InChI=1S/C19H30N2/c1-2-6-14-9-11-16(12-10-14)19(21-20)18-13-17(18)15-7-4-3-5-8-15/h3-5,7-8,14,16-19,21H,2,6,9-13,20H2,1H3. The molecule has 0 amide bonds. The highest BCUT2D eigenvalue weighted by Crippen LogP contribution is 2.52. The third-order valence-corrected chi connectivity index (χ3v) is 5.82. The van der Waals surface area contributed by atoms with E-state index in [4.69, 9.17) is 5.84 Å². The number of hydrogen-bond donors (Lipinski definition) is 2. The molecule has 0 aliphatic heterocycles. The van der Waals surface area contributed by atoms with E-state index in [1.54, 1.807) is 0 Å². The zero-order valence-electron chi connectivity index (χ0n) is 13.3. The largest absolute Gasteiger partial charge is 0.271 e. The van der Waals surface area contributed by atoms with E-state index in [9.17, 15) is 0 Å². The molecule has 0 heterocycles. The van der Waals surface area contributed by atoms with Crippen molar-refractivity contribution in [1.29, 1.82) is 0 Å². The van der Waals surface area contributed by atoms with Gasteiger partial charge in [-0.3, -0.25) is 11.3 Å². The zero-order valence-corrected chi connectivity index (χ0v) is 13.3. The van der Waals surface area contributed by atoms with Crippen LogP contribution in [0, 0.1) is 17.8 Å². The predicted octanol–water partition coefficient (Wildman–Crippen LogP) is 4.23. The molecule has 21 heavy (non-hydrogen) atoms. The van der Waals surface area contributed by atoms with Crippen molar-refractivity contribution in [3.05, 3.63) is 35.9 Å². The molecule has 2 aliphatic rings. The highest BCUT2D eigenvalue weighted by molar-refractivity contribution is 5.26. The summed E-state index contributed by atoms with van der Waals surface area (Å²) in [7, 11) is 0. The van der Waals surface area contributed by atoms with Gasteiger partial charge in [-0.05, 0) is 48.5 Å². The summed E-state index contributed by atoms with van der Waals surface area (Å²) >= 11 is 0. The number of nitrogens with one attached hydrogen (secondary N) is 1. The third kappa shape index (κ3) is 3.49. The Morgan fingerprint density at radius 2 is 1.86 bits per heavy atom. The maximum Gasteiger partial charge on any atom is 0.0273 e. The minimum Gasteiger partial charge on any atom is -0.271 e. The van der Waals surface area contributed by atoms with Gasteiger partial charge in [0.15, 0.2) is 0 Å². The fourth-order valence-corrected chi connectivity index (χ4v) is 4.55. The Morgan fingerprint density at radius 3 is 2.48 bits per heavy atom. The lowest BCUT2D eigenvalue weighted by Crippen LogP contribution is -2.44. The van der Waals surface area contributed by atoms with Gasteiger partial charge in [-0.1, -0.05) is 62.9 Å². The average molecular weight is 286 g/mol. The van der Waals surface area contributed by atoms with Gasteiger partial charge in [-0.15, -0.1) is 0 Å². The van der Waals surface area contributed by atoms with Crippen LogP contribution in [0.4, 0.5) is 0 Å². The molecule has 0 saturated heterocycles. The molecule has 2 aliphatic carbocycles. The van der Waals surface area contributed by atoms with E-state index < -0.39 is 0 Å². The topological polar surface area (TPSA) is 38.0 Å². The van der Waals surface area contributed by atoms with Crippen LogP contribution in [-0.4, -0.2) is 6.04 Å².